The Morgan fingerprint density at radius 2 is 0.969 bits per heavy atom. The van der Waals surface area contributed by atoms with Crippen LogP contribution in [0, 0.1) is 0 Å². The standard InChI is InChI=1S/C27H30O5/c1-20-24(29-17-21-11-5-2-6-12-21)25(30-18-22-13-7-3-8-14-22)26(27(28)32-20)31-19-23-15-9-4-10-16-23/h2-16,20,24-28H,17-19H2,1H3/t20?,24-,25?,26?,27?/m1/s1. The number of ether oxygens (including phenoxy) is 4. The van der Waals surface area contributed by atoms with E-state index in [9.17, 15) is 5.11 Å². The van der Waals surface area contributed by atoms with Gasteiger partial charge in [0.25, 0.3) is 0 Å². The molecule has 1 aliphatic rings. The minimum atomic E-state index is -1.11. The van der Waals surface area contributed by atoms with Crippen LogP contribution < -0.4 is 0 Å². The Morgan fingerprint density at radius 1 is 0.594 bits per heavy atom. The Labute approximate surface area is 189 Å². The van der Waals surface area contributed by atoms with E-state index in [-0.39, 0.29) is 6.10 Å². The molecule has 0 bridgehead atoms. The molecule has 3 aromatic rings. The van der Waals surface area contributed by atoms with Gasteiger partial charge in [-0.25, -0.2) is 0 Å². The highest BCUT2D eigenvalue weighted by molar-refractivity contribution is 5.15. The van der Waals surface area contributed by atoms with Crippen molar-refractivity contribution in [2.24, 2.45) is 0 Å². The molecule has 0 radical (unpaired) electrons. The zero-order chi connectivity index (χ0) is 22.2. The summed E-state index contributed by atoms with van der Waals surface area (Å²) in [5, 5.41) is 10.7. The summed E-state index contributed by atoms with van der Waals surface area (Å²) in [4.78, 5) is 0. The third kappa shape index (κ3) is 6.03. The van der Waals surface area contributed by atoms with Crippen molar-refractivity contribution in [3.05, 3.63) is 108 Å². The van der Waals surface area contributed by atoms with Crippen molar-refractivity contribution in [1.82, 2.24) is 0 Å². The Hall–Kier alpha value is -2.54. The van der Waals surface area contributed by atoms with Gasteiger partial charge in [-0.3, -0.25) is 0 Å². The molecule has 0 saturated carbocycles. The number of aliphatic hydroxyl groups is 1. The van der Waals surface area contributed by atoms with E-state index < -0.39 is 24.6 Å². The van der Waals surface area contributed by atoms with Gasteiger partial charge in [-0.05, 0) is 23.6 Å². The summed E-state index contributed by atoms with van der Waals surface area (Å²) in [5.41, 5.74) is 3.13. The van der Waals surface area contributed by atoms with Crippen LogP contribution in [0.25, 0.3) is 0 Å². The van der Waals surface area contributed by atoms with Crippen LogP contribution in [0.5, 0.6) is 0 Å². The molecule has 0 aliphatic carbocycles. The molecule has 32 heavy (non-hydrogen) atoms. The quantitative estimate of drug-likeness (QED) is 0.538. The minimum absolute atomic E-state index is 0.344. The first kappa shape index (κ1) is 22.6. The molecule has 1 aliphatic heterocycles. The Balaban J connectivity index is 1.50. The predicted molar refractivity (Wildman–Crippen MR) is 122 cm³/mol. The van der Waals surface area contributed by atoms with Crippen molar-refractivity contribution in [2.75, 3.05) is 0 Å². The second-order valence-electron chi connectivity index (χ2n) is 8.02. The van der Waals surface area contributed by atoms with E-state index in [0.29, 0.717) is 19.8 Å². The Kier molecular flexibility index (Phi) is 8.04. The lowest BCUT2D eigenvalue weighted by molar-refractivity contribution is -0.308. The van der Waals surface area contributed by atoms with Crippen molar-refractivity contribution in [3.8, 4) is 0 Å². The van der Waals surface area contributed by atoms with Gasteiger partial charge in [0.1, 0.15) is 18.3 Å². The Bertz CT molecular complexity index is 863. The SMILES string of the molecule is CC1OC(O)C(OCc2ccccc2)C(OCc2ccccc2)[C@@H]1OCc1ccccc1. The summed E-state index contributed by atoms with van der Waals surface area (Å²) < 4.78 is 24.5. The fourth-order valence-corrected chi connectivity index (χ4v) is 3.89. The van der Waals surface area contributed by atoms with E-state index in [1.165, 1.54) is 0 Å². The molecule has 0 amide bonds. The molecule has 1 heterocycles. The van der Waals surface area contributed by atoms with Crippen molar-refractivity contribution in [1.29, 1.82) is 0 Å². The second-order valence-corrected chi connectivity index (χ2v) is 8.02. The smallest absolute Gasteiger partial charge is 0.184 e. The molecule has 168 valence electrons. The first-order valence-corrected chi connectivity index (χ1v) is 11.0. The van der Waals surface area contributed by atoms with E-state index in [4.69, 9.17) is 18.9 Å². The van der Waals surface area contributed by atoms with Crippen LogP contribution in [0.15, 0.2) is 91.0 Å². The summed E-state index contributed by atoms with van der Waals surface area (Å²) in [5.74, 6) is 0. The van der Waals surface area contributed by atoms with E-state index in [1.807, 2.05) is 97.9 Å². The van der Waals surface area contributed by atoms with Gasteiger partial charge < -0.3 is 24.1 Å². The van der Waals surface area contributed by atoms with Gasteiger partial charge in [-0.2, -0.15) is 0 Å². The normalized spacial score (nSPS) is 25.5. The second kappa shape index (κ2) is 11.4. The topological polar surface area (TPSA) is 57.2 Å². The van der Waals surface area contributed by atoms with Crippen molar-refractivity contribution < 1.29 is 24.1 Å². The summed E-state index contributed by atoms with van der Waals surface area (Å²) in [6.07, 6.45) is -3.04. The highest BCUT2D eigenvalue weighted by Crippen LogP contribution is 2.29. The number of aliphatic hydroxyl groups excluding tert-OH is 1. The summed E-state index contributed by atoms with van der Waals surface area (Å²) in [7, 11) is 0. The van der Waals surface area contributed by atoms with Gasteiger partial charge in [0, 0.05) is 0 Å². The first-order valence-electron chi connectivity index (χ1n) is 11.0. The van der Waals surface area contributed by atoms with E-state index in [1.54, 1.807) is 0 Å². The van der Waals surface area contributed by atoms with Gasteiger partial charge in [0.15, 0.2) is 6.29 Å². The summed E-state index contributed by atoms with van der Waals surface area (Å²) in [6, 6.07) is 29.8. The van der Waals surface area contributed by atoms with Gasteiger partial charge in [0.2, 0.25) is 0 Å². The van der Waals surface area contributed by atoms with Crippen LogP contribution in [0.3, 0.4) is 0 Å². The lowest BCUT2D eigenvalue weighted by atomic mass is 9.98. The number of hydrogen-bond donors (Lipinski definition) is 1. The third-order valence-electron chi connectivity index (χ3n) is 5.60. The summed E-state index contributed by atoms with van der Waals surface area (Å²) in [6.45, 7) is 3.05. The molecule has 1 fully saturated rings. The maximum absolute atomic E-state index is 10.7. The van der Waals surface area contributed by atoms with Crippen molar-refractivity contribution >= 4 is 0 Å². The third-order valence-corrected chi connectivity index (χ3v) is 5.60. The van der Waals surface area contributed by atoms with Crippen molar-refractivity contribution in [3.63, 3.8) is 0 Å². The van der Waals surface area contributed by atoms with Gasteiger partial charge >= 0.3 is 0 Å². The molecule has 4 unspecified atom stereocenters. The van der Waals surface area contributed by atoms with E-state index >= 15 is 0 Å². The zero-order valence-corrected chi connectivity index (χ0v) is 18.2. The van der Waals surface area contributed by atoms with Gasteiger partial charge in [-0.15, -0.1) is 0 Å². The highest BCUT2D eigenvalue weighted by atomic mass is 16.7. The van der Waals surface area contributed by atoms with Crippen LogP contribution in [-0.4, -0.2) is 35.8 Å². The molecule has 0 spiro atoms. The average molecular weight is 435 g/mol. The average Bonchev–Trinajstić information content (AvgIpc) is 2.83. The number of rotatable bonds is 9. The minimum Gasteiger partial charge on any atom is -0.368 e. The fraction of sp³-hybridized carbons (Fsp3) is 0.333. The van der Waals surface area contributed by atoms with Crippen molar-refractivity contribution in [2.45, 2.75) is 57.5 Å². The lowest BCUT2D eigenvalue weighted by Crippen LogP contribution is -2.59. The molecule has 0 aromatic heterocycles. The van der Waals surface area contributed by atoms with Crippen LogP contribution in [0.1, 0.15) is 23.6 Å². The largest absolute Gasteiger partial charge is 0.368 e. The van der Waals surface area contributed by atoms with Gasteiger partial charge in [-0.1, -0.05) is 91.0 Å². The maximum Gasteiger partial charge on any atom is 0.184 e. The molecular weight excluding hydrogens is 404 g/mol. The molecule has 1 saturated heterocycles. The summed E-state index contributed by atoms with van der Waals surface area (Å²) >= 11 is 0. The van der Waals surface area contributed by atoms with Crippen LogP contribution >= 0.6 is 0 Å². The molecule has 5 atom stereocenters. The number of hydrogen-bond acceptors (Lipinski definition) is 5. The van der Waals surface area contributed by atoms with Gasteiger partial charge in [0.05, 0.1) is 25.9 Å². The Morgan fingerprint density at radius 3 is 1.41 bits per heavy atom. The van der Waals surface area contributed by atoms with Crippen LogP contribution in [-0.2, 0) is 38.8 Å². The van der Waals surface area contributed by atoms with Crippen LogP contribution in [0.2, 0.25) is 0 Å². The fourth-order valence-electron chi connectivity index (χ4n) is 3.89. The zero-order valence-electron chi connectivity index (χ0n) is 18.2. The number of benzene rings is 3. The maximum atomic E-state index is 10.7. The molecule has 1 N–H and O–H groups in total. The molecule has 5 heteroatoms. The predicted octanol–water partition coefficient (Wildman–Crippen LogP) is 4.48. The monoisotopic (exact) mass is 434 g/mol. The van der Waals surface area contributed by atoms with E-state index in [2.05, 4.69) is 0 Å². The molecule has 3 aromatic carbocycles. The molecule has 4 rings (SSSR count). The lowest BCUT2D eigenvalue weighted by Gasteiger charge is -2.43. The van der Waals surface area contributed by atoms with E-state index in [0.717, 1.165) is 16.7 Å². The molecular formula is C27H30O5. The molecule has 5 nitrogen and oxygen atoms in total. The first-order chi connectivity index (χ1) is 15.7. The highest BCUT2D eigenvalue weighted by Gasteiger charge is 2.46. The van der Waals surface area contributed by atoms with Crippen LogP contribution in [0.4, 0.5) is 0 Å².